The Morgan fingerprint density at radius 2 is 1.76 bits per heavy atom. The zero-order valence-corrected chi connectivity index (χ0v) is 14.7. The van der Waals surface area contributed by atoms with Crippen LogP contribution in [0, 0.1) is 6.92 Å². The van der Waals surface area contributed by atoms with Gasteiger partial charge in [0.2, 0.25) is 0 Å². The summed E-state index contributed by atoms with van der Waals surface area (Å²) in [5.74, 6) is -0.940. The maximum atomic E-state index is 12.8. The quantitative estimate of drug-likeness (QED) is 0.542. The number of carbonyl (C=O) groups is 2. The number of carboxylic acids is 1. The summed E-state index contributed by atoms with van der Waals surface area (Å²) >= 11 is 0. The number of rotatable bonds is 9. The molecule has 0 bridgehead atoms. The molecule has 0 saturated heterocycles. The number of unbranched alkanes of at least 4 members (excludes halogenated alkanes) is 2. The number of hydrogen-bond donors (Lipinski definition) is 1. The zero-order chi connectivity index (χ0) is 18.2. The van der Waals surface area contributed by atoms with Gasteiger partial charge in [-0.05, 0) is 37.5 Å². The zero-order valence-electron chi connectivity index (χ0n) is 14.7. The summed E-state index contributed by atoms with van der Waals surface area (Å²) in [6, 6.07) is 12.8. The second kappa shape index (κ2) is 9.02. The Bertz CT molecular complexity index is 732. The molecule has 0 aliphatic heterocycles. The molecule has 0 spiro atoms. The lowest BCUT2D eigenvalue weighted by Gasteiger charge is -2.11. The van der Waals surface area contributed by atoms with E-state index in [1.165, 1.54) is 18.4 Å². The minimum atomic E-state index is -1.07. The fourth-order valence-electron chi connectivity index (χ4n) is 2.64. The third-order valence-corrected chi connectivity index (χ3v) is 4.02. The Balaban J connectivity index is 2.18. The fraction of sp³-hybridized carbons (Fsp3) is 0.333. The summed E-state index contributed by atoms with van der Waals surface area (Å²) in [5, 5.41) is 8.79. The minimum absolute atomic E-state index is 0.163. The summed E-state index contributed by atoms with van der Waals surface area (Å²) in [6.45, 7) is 3.59. The Hall–Kier alpha value is -2.62. The van der Waals surface area contributed by atoms with Gasteiger partial charge in [-0.1, -0.05) is 55.7 Å². The Morgan fingerprint density at radius 1 is 1.04 bits per heavy atom. The van der Waals surface area contributed by atoms with Gasteiger partial charge in [-0.15, -0.1) is 0 Å². The summed E-state index contributed by atoms with van der Waals surface area (Å²) in [7, 11) is 0. The van der Waals surface area contributed by atoms with E-state index in [-0.39, 0.29) is 5.78 Å². The van der Waals surface area contributed by atoms with Gasteiger partial charge in [0.1, 0.15) is 5.75 Å². The normalized spacial score (nSPS) is 10.5. The average molecular weight is 340 g/mol. The highest BCUT2D eigenvalue weighted by Crippen LogP contribution is 2.24. The molecule has 0 atom stereocenters. The number of benzene rings is 2. The van der Waals surface area contributed by atoms with Gasteiger partial charge in [0.25, 0.3) is 0 Å². The van der Waals surface area contributed by atoms with Crippen LogP contribution in [0.5, 0.6) is 5.75 Å². The molecule has 0 aromatic heterocycles. The van der Waals surface area contributed by atoms with E-state index in [1.807, 2.05) is 31.2 Å². The van der Waals surface area contributed by atoms with Crippen molar-refractivity contribution in [3.8, 4) is 5.75 Å². The van der Waals surface area contributed by atoms with E-state index < -0.39 is 12.6 Å². The lowest BCUT2D eigenvalue weighted by Crippen LogP contribution is -2.12. The van der Waals surface area contributed by atoms with Crippen molar-refractivity contribution in [2.24, 2.45) is 0 Å². The van der Waals surface area contributed by atoms with Gasteiger partial charge in [-0.2, -0.15) is 0 Å². The van der Waals surface area contributed by atoms with Crippen LogP contribution in [0.4, 0.5) is 0 Å². The largest absolute Gasteiger partial charge is 0.481 e. The summed E-state index contributed by atoms with van der Waals surface area (Å²) in [4.78, 5) is 23.5. The van der Waals surface area contributed by atoms with Gasteiger partial charge >= 0.3 is 5.97 Å². The van der Waals surface area contributed by atoms with E-state index in [4.69, 9.17) is 9.84 Å². The molecule has 0 aliphatic rings. The molecule has 0 unspecified atom stereocenters. The summed E-state index contributed by atoms with van der Waals surface area (Å²) in [6.07, 6.45) is 4.55. The molecule has 4 nitrogen and oxygen atoms in total. The molecule has 2 aromatic rings. The number of ketones is 1. The molecular formula is C21H24O4. The molecule has 0 saturated carbocycles. The standard InChI is InChI=1S/C21H24O4/c1-3-4-5-6-16-8-10-17(11-9-16)21(24)18-13-15(2)7-12-19(18)25-14-20(22)23/h7-13H,3-6,14H2,1-2H3,(H,22,23). The fourth-order valence-corrected chi connectivity index (χ4v) is 2.64. The highest BCUT2D eigenvalue weighted by molar-refractivity contribution is 6.10. The minimum Gasteiger partial charge on any atom is -0.481 e. The van der Waals surface area contributed by atoms with E-state index in [1.54, 1.807) is 18.2 Å². The SMILES string of the molecule is CCCCCc1ccc(C(=O)c2cc(C)ccc2OCC(=O)O)cc1. The van der Waals surface area contributed by atoms with Crippen molar-refractivity contribution in [2.75, 3.05) is 6.61 Å². The Kier molecular flexibility index (Phi) is 6.75. The topological polar surface area (TPSA) is 63.6 Å². The van der Waals surface area contributed by atoms with Gasteiger partial charge in [0.15, 0.2) is 12.4 Å². The number of ether oxygens (including phenoxy) is 1. The maximum absolute atomic E-state index is 12.8. The summed E-state index contributed by atoms with van der Waals surface area (Å²) < 4.78 is 5.27. The second-order valence-corrected chi connectivity index (χ2v) is 6.17. The Morgan fingerprint density at radius 3 is 2.40 bits per heavy atom. The predicted octanol–water partition coefficient (Wildman–Crippen LogP) is 4.42. The average Bonchev–Trinajstić information content (AvgIpc) is 2.60. The summed E-state index contributed by atoms with van der Waals surface area (Å²) in [5.41, 5.74) is 3.10. The molecule has 0 heterocycles. The van der Waals surface area contributed by atoms with E-state index in [0.717, 1.165) is 18.4 Å². The van der Waals surface area contributed by atoms with Crippen LogP contribution in [0.15, 0.2) is 42.5 Å². The van der Waals surface area contributed by atoms with E-state index >= 15 is 0 Å². The van der Waals surface area contributed by atoms with E-state index in [0.29, 0.717) is 16.9 Å². The first-order valence-electron chi connectivity index (χ1n) is 8.60. The molecule has 0 fully saturated rings. The number of carbonyl (C=O) groups excluding carboxylic acids is 1. The van der Waals surface area contributed by atoms with Crippen LogP contribution in [0.2, 0.25) is 0 Å². The lowest BCUT2D eigenvalue weighted by molar-refractivity contribution is -0.139. The highest BCUT2D eigenvalue weighted by Gasteiger charge is 2.16. The number of aliphatic carboxylic acids is 1. The van der Waals surface area contributed by atoms with Gasteiger partial charge in [-0.25, -0.2) is 4.79 Å². The molecule has 132 valence electrons. The first-order chi connectivity index (χ1) is 12.0. The van der Waals surface area contributed by atoms with Crippen molar-refractivity contribution in [3.63, 3.8) is 0 Å². The number of aryl methyl sites for hydroxylation is 2. The molecule has 0 aliphatic carbocycles. The molecular weight excluding hydrogens is 316 g/mol. The van der Waals surface area contributed by atoms with E-state index in [2.05, 4.69) is 6.92 Å². The van der Waals surface area contributed by atoms with Crippen LogP contribution in [-0.4, -0.2) is 23.5 Å². The first kappa shape index (κ1) is 18.7. The van der Waals surface area contributed by atoms with Crippen LogP contribution in [-0.2, 0) is 11.2 Å². The highest BCUT2D eigenvalue weighted by atomic mass is 16.5. The van der Waals surface area contributed by atoms with Crippen LogP contribution in [0.3, 0.4) is 0 Å². The molecule has 4 heteroatoms. The maximum Gasteiger partial charge on any atom is 0.341 e. The van der Waals surface area contributed by atoms with Crippen molar-refractivity contribution in [1.82, 2.24) is 0 Å². The number of hydrogen-bond acceptors (Lipinski definition) is 3. The Labute approximate surface area is 148 Å². The van der Waals surface area contributed by atoms with Gasteiger partial charge in [-0.3, -0.25) is 4.79 Å². The van der Waals surface area contributed by atoms with Crippen LogP contribution >= 0.6 is 0 Å². The molecule has 2 aromatic carbocycles. The van der Waals surface area contributed by atoms with Gasteiger partial charge < -0.3 is 9.84 Å². The lowest BCUT2D eigenvalue weighted by atomic mass is 9.98. The van der Waals surface area contributed by atoms with Crippen molar-refractivity contribution >= 4 is 11.8 Å². The van der Waals surface area contributed by atoms with Gasteiger partial charge in [0.05, 0.1) is 5.56 Å². The molecule has 2 rings (SSSR count). The predicted molar refractivity (Wildman–Crippen MR) is 97.4 cm³/mol. The van der Waals surface area contributed by atoms with Crippen LogP contribution in [0.1, 0.15) is 53.2 Å². The number of carboxylic acid groups (broad SMARTS) is 1. The van der Waals surface area contributed by atoms with Crippen LogP contribution < -0.4 is 4.74 Å². The van der Waals surface area contributed by atoms with Crippen molar-refractivity contribution < 1.29 is 19.4 Å². The second-order valence-electron chi connectivity index (χ2n) is 6.17. The third kappa shape index (κ3) is 5.45. The molecule has 0 amide bonds. The monoisotopic (exact) mass is 340 g/mol. The van der Waals surface area contributed by atoms with Crippen molar-refractivity contribution in [3.05, 3.63) is 64.7 Å². The molecule has 1 N–H and O–H groups in total. The first-order valence-corrected chi connectivity index (χ1v) is 8.60. The third-order valence-electron chi connectivity index (χ3n) is 4.02. The molecule has 0 radical (unpaired) electrons. The van der Waals surface area contributed by atoms with E-state index in [9.17, 15) is 9.59 Å². The molecule has 25 heavy (non-hydrogen) atoms. The van der Waals surface area contributed by atoms with Crippen molar-refractivity contribution in [2.45, 2.75) is 39.5 Å². The van der Waals surface area contributed by atoms with Crippen LogP contribution in [0.25, 0.3) is 0 Å². The van der Waals surface area contributed by atoms with Crippen molar-refractivity contribution in [1.29, 1.82) is 0 Å². The smallest absolute Gasteiger partial charge is 0.341 e. The van der Waals surface area contributed by atoms with Gasteiger partial charge in [0, 0.05) is 5.56 Å².